The number of fused-ring (bicyclic) bond motifs is 2. The van der Waals surface area contributed by atoms with Crippen molar-refractivity contribution in [3.63, 3.8) is 0 Å². The van der Waals surface area contributed by atoms with E-state index >= 15 is 0 Å². The lowest BCUT2D eigenvalue weighted by atomic mass is 9.86. The van der Waals surface area contributed by atoms with Gasteiger partial charge in [-0.15, -0.1) is 0 Å². The van der Waals surface area contributed by atoms with Gasteiger partial charge in [0.25, 0.3) is 0 Å². The molecule has 242 valence electrons. The van der Waals surface area contributed by atoms with Crippen molar-refractivity contribution in [2.45, 2.75) is 32.4 Å². The molecule has 0 N–H and O–H groups in total. The molecule has 5 aromatic rings. The summed E-state index contributed by atoms with van der Waals surface area (Å²) in [6.45, 7) is 3.22. The van der Waals surface area contributed by atoms with Gasteiger partial charge in [0.1, 0.15) is 5.78 Å². The number of aromatic nitrogens is 2. The Hall–Kier alpha value is -6.14. The summed E-state index contributed by atoms with van der Waals surface area (Å²) in [5, 5.41) is 0. The zero-order valence-electron chi connectivity index (χ0n) is 27.8. The van der Waals surface area contributed by atoms with Gasteiger partial charge in [-0.3, -0.25) is 19.6 Å². The SMILES string of the molecule is CC(=O)c1cccc(-c2nc3cc(C4=C[C@@H]5N=C(C6=CC(C(C)=O)CC=C6)C(c6ccccc6)=NC5C=C4)ccc3nc2-c2ccccc2)c1. The van der Waals surface area contributed by atoms with Gasteiger partial charge in [0.2, 0.25) is 0 Å². The normalized spacial score (nSPS) is 19.6. The van der Waals surface area contributed by atoms with Crippen LogP contribution in [0.5, 0.6) is 0 Å². The third-order valence-electron chi connectivity index (χ3n) is 9.45. The van der Waals surface area contributed by atoms with Gasteiger partial charge < -0.3 is 0 Å². The molecule has 1 aromatic heterocycles. The number of rotatable bonds is 7. The molecular formula is C44H34N4O2. The van der Waals surface area contributed by atoms with Crippen LogP contribution in [0.15, 0.2) is 155 Å². The second kappa shape index (κ2) is 13.1. The van der Waals surface area contributed by atoms with Gasteiger partial charge in [0.05, 0.1) is 45.9 Å². The summed E-state index contributed by atoms with van der Waals surface area (Å²) >= 11 is 0. The number of hydrogen-bond acceptors (Lipinski definition) is 6. The van der Waals surface area contributed by atoms with Crippen LogP contribution < -0.4 is 0 Å². The Balaban J connectivity index is 1.21. The third kappa shape index (κ3) is 6.01. The molecule has 0 saturated heterocycles. The largest absolute Gasteiger partial charge is 0.299 e. The van der Waals surface area contributed by atoms with Gasteiger partial charge in [-0.05, 0) is 61.3 Å². The van der Waals surface area contributed by atoms with Crippen LogP contribution in [0, 0.1) is 5.92 Å². The lowest BCUT2D eigenvalue weighted by Gasteiger charge is -2.29. The summed E-state index contributed by atoms with van der Waals surface area (Å²) in [6.07, 6.45) is 13.3. The molecular weight excluding hydrogens is 617 g/mol. The maximum Gasteiger partial charge on any atom is 0.159 e. The molecule has 50 heavy (non-hydrogen) atoms. The maximum atomic E-state index is 12.3. The average molecular weight is 651 g/mol. The van der Waals surface area contributed by atoms with Gasteiger partial charge in [-0.1, -0.05) is 115 Å². The quantitative estimate of drug-likeness (QED) is 0.165. The predicted octanol–water partition coefficient (Wildman–Crippen LogP) is 8.89. The van der Waals surface area contributed by atoms with Crippen molar-refractivity contribution < 1.29 is 9.59 Å². The van der Waals surface area contributed by atoms with Crippen molar-refractivity contribution in [2.24, 2.45) is 15.9 Å². The standard InChI is InChI=1S/C44H34N4O2/c1-27(49)31-15-9-17-35(23-31)43-41(29-11-5-3-6-12-29)45-37-21-19-33(25-39(37)47-43)34-20-22-38-40(26-34)48-44(36-18-10-16-32(24-36)28(2)50)42(46-38)30-13-7-4-8-14-30/h3-15,17-26,32,38,40H,16H2,1-2H3/t32?,38?,40-/m0/s1. The monoisotopic (exact) mass is 650 g/mol. The van der Waals surface area contributed by atoms with Gasteiger partial charge in [-0.2, -0.15) is 0 Å². The molecule has 2 heterocycles. The smallest absolute Gasteiger partial charge is 0.159 e. The molecule has 3 aliphatic rings. The summed E-state index contributed by atoms with van der Waals surface area (Å²) < 4.78 is 0. The van der Waals surface area contributed by atoms with Crippen LogP contribution in [-0.4, -0.2) is 45.0 Å². The van der Waals surface area contributed by atoms with E-state index in [0.29, 0.717) is 12.0 Å². The van der Waals surface area contributed by atoms with Gasteiger partial charge in [-0.25, -0.2) is 9.97 Å². The van der Waals surface area contributed by atoms with Crippen molar-refractivity contribution in [2.75, 3.05) is 0 Å². The molecule has 6 nitrogen and oxygen atoms in total. The van der Waals surface area contributed by atoms with Gasteiger partial charge in [0.15, 0.2) is 5.78 Å². The molecule has 0 saturated carbocycles. The molecule has 0 spiro atoms. The van der Waals surface area contributed by atoms with E-state index < -0.39 is 0 Å². The first-order valence-electron chi connectivity index (χ1n) is 16.9. The Bertz CT molecular complexity index is 2360. The van der Waals surface area contributed by atoms with E-state index in [9.17, 15) is 9.59 Å². The lowest BCUT2D eigenvalue weighted by molar-refractivity contribution is -0.119. The van der Waals surface area contributed by atoms with Gasteiger partial charge in [0, 0.05) is 28.2 Å². The zero-order valence-corrected chi connectivity index (χ0v) is 27.8. The third-order valence-corrected chi connectivity index (χ3v) is 9.45. The van der Waals surface area contributed by atoms with Gasteiger partial charge >= 0.3 is 0 Å². The minimum atomic E-state index is -0.211. The summed E-state index contributed by atoms with van der Waals surface area (Å²) in [5.41, 5.74) is 11.0. The molecule has 6 heteroatoms. The van der Waals surface area contributed by atoms with Crippen LogP contribution in [0.3, 0.4) is 0 Å². The van der Waals surface area contributed by atoms with Crippen LogP contribution in [0.4, 0.5) is 0 Å². The van der Waals surface area contributed by atoms with Crippen LogP contribution in [0.1, 0.15) is 41.8 Å². The highest BCUT2D eigenvalue weighted by molar-refractivity contribution is 6.54. The number of allylic oxidation sites excluding steroid dienone is 6. The number of hydrogen-bond donors (Lipinski definition) is 0. The van der Waals surface area contributed by atoms with E-state index in [2.05, 4.69) is 54.6 Å². The van der Waals surface area contributed by atoms with E-state index in [4.69, 9.17) is 20.0 Å². The molecule has 1 aliphatic heterocycles. The first-order valence-corrected chi connectivity index (χ1v) is 16.9. The molecule has 2 aliphatic carbocycles. The number of benzene rings is 4. The topological polar surface area (TPSA) is 84.6 Å². The van der Waals surface area contributed by atoms with Crippen molar-refractivity contribution in [3.8, 4) is 22.5 Å². The van der Waals surface area contributed by atoms with E-state index in [1.807, 2.05) is 84.9 Å². The Morgan fingerprint density at radius 3 is 2.06 bits per heavy atom. The van der Waals surface area contributed by atoms with E-state index in [1.54, 1.807) is 13.8 Å². The molecule has 0 bridgehead atoms. The summed E-state index contributed by atoms with van der Waals surface area (Å²) in [6, 6.07) is 33.5. The Kier molecular flexibility index (Phi) is 8.13. The minimum absolute atomic E-state index is 0.00157. The summed E-state index contributed by atoms with van der Waals surface area (Å²) in [4.78, 5) is 45.4. The second-order valence-corrected chi connectivity index (χ2v) is 12.9. The highest BCUT2D eigenvalue weighted by Crippen LogP contribution is 2.34. The Morgan fingerprint density at radius 2 is 1.30 bits per heavy atom. The van der Waals surface area contributed by atoms with Crippen LogP contribution in [0.2, 0.25) is 0 Å². The number of Topliss-reactive ketones (excluding diaryl/α,β-unsaturated/α-hetero) is 2. The van der Waals surface area contributed by atoms with Crippen LogP contribution in [0.25, 0.3) is 39.1 Å². The molecule has 4 aromatic carbocycles. The van der Waals surface area contributed by atoms with Crippen LogP contribution in [-0.2, 0) is 4.79 Å². The number of carbonyl (C=O) groups excluding carboxylic acids is 2. The Morgan fingerprint density at radius 1 is 0.600 bits per heavy atom. The predicted molar refractivity (Wildman–Crippen MR) is 202 cm³/mol. The first-order chi connectivity index (χ1) is 24.4. The number of carbonyl (C=O) groups is 2. The molecule has 0 amide bonds. The fraction of sp³-hybridized carbons (Fsp3) is 0.136. The van der Waals surface area contributed by atoms with Crippen molar-refractivity contribution in [3.05, 3.63) is 162 Å². The fourth-order valence-electron chi connectivity index (χ4n) is 6.76. The minimum Gasteiger partial charge on any atom is -0.299 e. The van der Waals surface area contributed by atoms with Crippen LogP contribution >= 0.6 is 0 Å². The molecule has 0 radical (unpaired) electrons. The highest BCUT2D eigenvalue weighted by atomic mass is 16.1. The maximum absolute atomic E-state index is 12.3. The Labute approximate surface area is 291 Å². The average Bonchev–Trinajstić information content (AvgIpc) is 3.17. The van der Waals surface area contributed by atoms with Crippen molar-refractivity contribution >= 4 is 39.6 Å². The molecule has 3 atom stereocenters. The lowest BCUT2D eigenvalue weighted by Crippen LogP contribution is -2.34. The van der Waals surface area contributed by atoms with E-state index in [-0.39, 0.29) is 29.6 Å². The number of ketones is 2. The number of aliphatic imine (C=N–C) groups is 2. The highest BCUT2D eigenvalue weighted by Gasteiger charge is 2.30. The fourth-order valence-corrected chi connectivity index (χ4v) is 6.76. The molecule has 2 unspecified atom stereocenters. The van der Waals surface area contributed by atoms with E-state index in [1.165, 1.54) is 0 Å². The van der Waals surface area contributed by atoms with Crippen molar-refractivity contribution in [1.29, 1.82) is 0 Å². The second-order valence-electron chi connectivity index (χ2n) is 12.9. The first kappa shape index (κ1) is 31.1. The number of nitrogens with zero attached hydrogens (tertiary/aromatic N) is 4. The van der Waals surface area contributed by atoms with Crippen molar-refractivity contribution in [1.82, 2.24) is 9.97 Å². The summed E-state index contributed by atoms with van der Waals surface area (Å²) in [5.74, 6) is -0.0189. The summed E-state index contributed by atoms with van der Waals surface area (Å²) in [7, 11) is 0. The molecule has 8 rings (SSSR count). The van der Waals surface area contributed by atoms with E-state index in [0.717, 1.165) is 67.2 Å². The zero-order chi connectivity index (χ0) is 34.2. The molecule has 0 fully saturated rings.